The number of rotatable bonds is 43. The van der Waals surface area contributed by atoms with Crippen LogP contribution in [0.4, 0.5) is 0 Å². The van der Waals surface area contributed by atoms with Crippen molar-refractivity contribution in [1.29, 1.82) is 0 Å². The second kappa shape index (κ2) is 41.3. The normalized spacial score (nSPS) is 13.9. The van der Waals surface area contributed by atoms with E-state index in [-0.39, 0.29) is 26.1 Å². The minimum absolute atomic E-state index is 0.0262. The lowest BCUT2D eigenvalue weighted by Gasteiger charge is -2.24. The maximum atomic E-state index is 12.7. The van der Waals surface area contributed by atoms with Crippen molar-refractivity contribution in [3.63, 3.8) is 0 Å². The van der Waals surface area contributed by atoms with Crippen LogP contribution in [0.2, 0.25) is 0 Å². The summed E-state index contributed by atoms with van der Waals surface area (Å²) in [6.07, 6.45) is 48.7. The van der Waals surface area contributed by atoms with Crippen LogP contribution in [0.25, 0.3) is 0 Å². The molecule has 9 nitrogen and oxygen atoms in total. The monoisotopic (exact) mass is 853 g/mol. The van der Waals surface area contributed by atoms with Gasteiger partial charge in [0.1, 0.15) is 19.8 Å². The number of phosphoric acid groups is 1. The minimum atomic E-state index is -4.38. The van der Waals surface area contributed by atoms with Gasteiger partial charge >= 0.3 is 19.8 Å². The Morgan fingerprint density at radius 3 is 1.39 bits per heavy atom. The number of carbonyl (C=O) groups excluding carboxylic acids is 2. The zero-order valence-electron chi connectivity index (χ0n) is 38.7. The van der Waals surface area contributed by atoms with Crippen molar-refractivity contribution in [3.8, 4) is 0 Å². The highest BCUT2D eigenvalue weighted by Gasteiger charge is 2.27. The number of allylic oxidation sites excluding steroid dienone is 8. The SMILES string of the molecule is CCCCC/C=C/C/C=C/C/C=C/C/C=C/CCCCCC(=O)OC[C@H](COP(=O)(O)OCC[N+](C)(C)C)OC(=O)CCCCCCCCCCCCCCCCCC. The highest BCUT2D eigenvalue weighted by molar-refractivity contribution is 7.47. The topological polar surface area (TPSA) is 108 Å². The van der Waals surface area contributed by atoms with Crippen LogP contribution in [-0.2, 0) is 32.7 Å². The molecule has 0 radical (unpaired) electrons. The largest absolute Gasteiger partial charge is 0.472 e. The first kappa shape index (κ1) is 57.0. The van der Waals surface area contributed by atoms with Crippen LogP contribution in [-0.4, -0.2) is 74.9 Å². The van der Waals surface area contributed by atoms with E-state index in [2.05, 4.69) is 62.5 Å². The molecule has 0 aromatic carbocycles. The van der Waals surface area contributed by atoms with Crippen molar-refractivity contribution in [2.45, 2.75) is 206 Å². The molecule has 0 aromatic heterocycles. The molecule has 0 saturated carbocycles. The summed E-state index contributed by atoms with van der Waals surface area (Å²) in [5.41, 5.74) is 0. The van der Waals surface area contributed by atoms with E-state index in [1.807, 2.05) is 21.1 Å². The quantitative estimate of drug-likeness (QED) is 0.0212. The van der Waals surface area contributed by atoms with Gasteiger partial charge < -0.3 is 18.9 Å². The molecule has 1 unspecified atom stereocenters. The number of esters is 2. The molecule has 0 fully saturated rings. The number of likely N-dealkylation sites (N-methyl/N-ethyl adjacent to an activating group) is 1. The Balaban J connectivity index is 4.36. The fraction of sp³-hybridized carbons (Fsp3) is 0.796. The van der Waals surface area contributed by atoms with Crippen LogP contribution in [0.1, 0.15) is 200 Å². The van der Waals surface area contributed by atoms with Gasteiger partial charge in [-0.1, -0.05) is 178 Å². The van der Waals surface area contributed by atoms with Crippen molar-refractivity contribution in [2.75, 3.05) is 47.5 Å². The summed E-state index contributed by atoms with van der Waals surface area (Å²) in [4.78, 5) is 35.4. The lowest BCUT2D eigenvalue weighted by Crippen LogP contribution is -2.37. The van der Waals surface area contributed by atoms with Gasteiger partial charge in [0.05, 0.1) is 27.7 Å². The molecule has 0 aliphatic heterocycles. The van der Waals surface area contributed by atoms with Gasteiger partial charge in [-0.15, -0.1) is 0 Å². The van der Waals surface area contributed by atoms with Gasteiger partial charge in [0, 0.05) is 12.8 Å². The molecule has 0 aliphatic rings. The Bertz CT molecular complexity index is 1150. The Labute approximate surface area is 363 Å². The molecule has 0 rings (SSSR count). The Morgan fingerprint density at radius 1 is 0.525 bits per heavy atom. The number of unbranched alkanes of at least 4 members (excludes halogenated alkanes) is 21. The third kappa shape index (κ3) is 45.3. The molecule has 0 aliphatic carbocycles. The highest BCUT2D eigenvalue weighted by atomic mass is 31.2. The first-order valence-electron chi connectivity index (χ1n) is 23.9. The molecule has 0 spiro atoms. The van der Waals surface area contributed by atoms with E-state index in [0.29, 0.717) is 23.9 Å². The average Bonchev–Trinajstić information content (AvgIpc) is 3.19. The Hall–Kier alpha value is -2.03. The van der Waals surface area contributed by atoms with Crippen molar-refractivity contribution >= 4 is 19.8 Å². The second-order valence-electron chi connectivity index (χ2n) is 17.1. The standard InChI is InChI=1S/C49H90NO8P/c1-6-8-10-12-14-16-18-20-22-24-25-26-28-29-31-33-35-37-39-41-48(51)55-45-47(46-57-59(53,54)56-44-43-50(3,4)5)58-49(52)42-40-38-36-34-32-30-27-23-21-19-17-15-13-11-9-7-2/h14,16,20,22,25-26,29,31,47H,6-13,15,17-19,21,23-24,27-28,30,32-46H2,1-5H3/p+1/b16-14+,22-20+,26-25+,31-29+/t47-/m1/s1. The maximum absolute atomic E-state index is 12.7. The van der Waals surface area contributed by atoms with E-state index in [0.717, 1.165) is 51.4 Å². The summed E-state index contributed by atoms with van der Waals surface area (Å²) >= 11 is 0. The maximum Gasteiger partial charge on any atom is 0.472 e. The molecular formula is C49H91NO8P+. The number of hydrogen-bond acceptors (Lipinski definition) is 7. The molecule has 10 heteroatoms. The number of quaternary nitrogens is 1. The van der Waals surface area contributed by atoms with Crippen LogP contribution in [0.15, 0.2) is 48.6 Å². The summed E-state index contributed by atoms with van der Waals surface area (Å²) in [6.45, 7) is 4.37. The third-order valence-corrected chi connectivity index (χ3v) is 11.1. The minimum Gasteiger partial charge on any atom is -0.462 e. The molecule has 1 N–H and O–H groups in total. The van der Waals surface area contributed by atoms with Crippen LogP contribution >= 0.6 is 7.82 Å². The van der Waals surface area contributed by atoms with Crippen LogP contribution < -0.4 is 0 Å². The predicted molar refractivity (Wildman–Crippen MR) is 247 cm³/mol. The van der Waals surface area contributed by atoms with E-state index in [1.165, 1.54) is 109 Å². The molecule has 0 aromatic rings. The Kier molecular flexibility index (Phi) is 39.9. The van der Waals surface area contributed by atoms with Gasteiger partial charge in [-0.25, -0.2) is 4.57 Å². The molecule has 2 atom stereocenters. The van der Waals surface area contributed by atoms with Crippen LogP contribution in [0.5, 0.6) is 0 Å². The van der Waals surface area contributed by atoms with Crippen molar-refractivity contribution in [1.82, 2.24) is 0 Å². The molecule has 0 heterocycles. The van der Waals surface area contributed by atoms with E-state index in [1.54, 1.807) is 0 Å². The lowest BCUT2D eigenvalue weighted by molar-refractivity contribution is -0.870. The number of hydrogen-bond donors (Lipinski definition) is 1. The summed E-state index contributed by atoms with van der Waals surface area (Å²) in [5.74, 6) is -0.830. The van der Waals surface area contributed by atoms with Gasteiger partial charge in [-0.05, 0) is 57.8 Å². The van der Waals surface area contributed by atoms with Crippen molar-refractivity contribution in [3.05, 3.63) is 48.6 Å². The fourth-order valence-corrected chi connectivity index (χ4v) is 7.09. The van der Waals surface area contributed by atoms with Crippen LogP contribution in [0.3, 0.4) is 0 Å². The highest BCUT2D eigenvalue weighted by Crippen LogP contribution is 2.43. The van der Waals surface area contributed by atoms with Gasteiger partial charge in [0.2, 0.25) is 0 Å². The van der Waals surface area contributed by atoms with Crippen molar-refractivity contribution < 1.29 is 42.1 Å². The molecule has 344 valence electrons. The summed E-state index contributed by atoms with van der Waals surface area (Å²) in [6, 6.07) is 0. The molecular weight excluding hydrogens is 762 g/mol. The van der Waals surface area contributed by atoms with E-state index < -0.39 is 32.5 Å². The third-order valence-electron chi connectivity index (χ3n) is 10.1. The van der Waals surface area contributed by atoms with Crippen LogP contribution in [0, 0.1) is 0 Å². The average molecular weight is 853 g/mol. The lowest BCUT2D eigenvalue weighted by atomic mass is 10.0. The zero-order chi connectivity index (χ0) is 43.6. The predicted octanol–water partition coefficient (Wildman–Crippen LogP) is 13.9. The first-order chi connectivity index (χ1) is 28.5. The molecule has 0 bridgehead atoms. The number of carbonyl (C=O) groups is 2. The zero-order valence-corrected chi connectivity index (χ0v) is 39.6. The second-order valence-corrected chi connectivity index (χ2v) is 18.6. The van der Waals surface area contributed by atoms with Crippen molar-refractivity contribution in [2.24, 2.45) is 0 Å². The summed E-state index contributed by atoms with van der Waals surface area (Å²) in [7, 11) is 1.46. The van der Waals surface area contributed by atoms with Gasteiger partial charge in [0.15, 0.2) is 6.10 Å². The Morgan fingerprint density at radius 2 is 0.915 bits per heavy atom. The van der Waals surface area contributed by atoms with Gasteiger partial charge in [0.25, 0.3) is 0 Å². The summed E-state index contributed by atoms with van der Waals surface area (Å²) < 4.78 is 34.4. The number of ether oxygens (including phenoxy) is 2. The first-order valence-corrected chi connectivity index (χ1v) is 25.4. The van der Waals surface area contributed by atoms with E-state index in [4.69, 9.17) is 18.5 Å². The number of phosphoric ester groups is 1. The summed E-state index contributed by atoms with van der Waals surface area (Å²) in [5, 5.41) is 0. The van der Waals surface area contributed by atoms with E-state index in [9.17, 15) is 19.0 Å². The molecule has 0 saturated heterocycles. The smallest absolute Gasteiger partial charge is 0.462 e. The molecule has 0 amide bonds. The van der Waals surface area contributed by atoms with E-state index >= 15 is 0 Å². The number of nitrogens with zero attached hydrogens (tertiary/aromatic N) is 1. The van der Waals surface area contributed by atoms with Gasteiger partial charge in [-0.2, -0.15) is 0 Å². The molecule has 59 heavy (non-hydrogen) atoms. The van der Waals surface area contributed by atoms with Gasteiger partial charge in [-0.3, -0.25) is 18.6 Å². The fourth-order valence-electron chi connectivity index (χ4n) is 6.35.